The molecule has 1 aliphatic heterocycles. The van der Waals surface area contributed by atoms with Gasteiger partial charge in [0.05, 0.1) is 13.2 Å². The molecule has 0 radical (unpaired) electrons. The van der Waals surface area contributed by atoms with Crippen LogP contribution in [0.1, 0.15) is 12.8 Å². The van der Waals surface area contributed by atoms with Crippen molar-refractivity contribution in [3.8, 4) is 0 Å². The minimum atomic E-state index is -0.309. The Morgan fingerprint density at radius 3 is 2.82 bits per heavy atom. The summed E-state index contributed by atoms with van der Waals surface area (Å²) in [6, 6.07) is -0.219. The van der Waals surface area contributed by atoms with Gasteiger partial charge in [-0.25, -0.2) is 0 Å². The number of hydrogen-bond acceptors (Lipinski definition) is 4. The summed E-state index contributed by atoms with van der Waals surface area (Å²) in [6.07, 6.45) is 1.02. The van der Waals surface area contributed by atoms with Crippen LogP contribution in [0, 0.1) is 0 Å². The first kappa shape index (κ1) is 8.49. The van der Waals surface area contributed by atoms with Crippen molar-refractivity contribution < 1.29 is 14.6 Å². The van der Waals surface area contributed by atoms with Gasteiger partial charge in [-0.2, -0.15) is 0 Å². The Hall–Kier alpha value is -0.610. The number of rotatable bonds is 1. The third-order valence-corrected chi connectivity index (χ3v) is 1.87. The molecule has 2 atom stereocenters. The third kappa shape index (κ3) is 2.17. The van der Waals surface area contributed by atoms with E-state index in [0.29, 0.717) is 19.4 Å². The molecule has 1 saturated heterocycles. The molecule has 0 saturated carbocycles. The molecule has 0 bridgehead atoms. The predicted molar refractivity (Wildman–Crippen MR) is 39.0 cm³/mol. The maximum Gasteiger partial charge on any atom is 0.322 e. The molecule has 2 N–H and O–H groups in total. The minimum Gasteiger partial charge on any atom is -0.468 e. The second-order valence-electron chi connectivity index (χ2n) is 2.72. The number of nitrogens with one attached hydrogen (secondary N) is 1. The van der Waals surface area contributed by atoms with E-state index < -0.39 is 0 Å². The summed E-state index contributed by atoms with van der Waals surface area (Å²) in [5, 5.41) is 12.0. The first-order valence-electron chi connectivity index (χ1n) is 3.73. The molecule has 1 fully saturated rings. The van der Waals surface area contributed by atoms with Gasteiger partial charge >= 0.3 is 5.97 Å². The van der Waals surface area contributed by atoms with Gasteiger partial charge in [0.2, 0.25) is 0 Å². The van der Waals surface area contributed by atoms with Crippen molar-refractivity contribution in [2.75, 3.05) is 13.7 Å². The topological polar surface area (TPSA) is 58.6 Å². The molecule has 4 nitrogen and oxygen atoms in total. The Kier molecular flexibility index (Phi) is 2.84. The fraction of sp³-hybridized carbons (Fsp3) is 0.857. The molecule has 1 heterocycles. The monoisotopic (exact) mass is 159 g/mol. The Morgan fingerprint density at radius 1 is 1.64 bits per heavy atom. The van der Waals surface area contributed by atoms with Crippen molar-refractivity contribution in [1.82, 2.24) is 5.32 Å². The standard InChI is InChI=1S/C7H13NO3/c1-11-7(10)6-3-2-5(9)4-8-6/h5-6,8-9H,2-4H2,1H3/t5-,6-/m1/s1. The van der Waals surface area contributed by atoms with E-state index in [1.54, 1.807) is 0 Å². The van der Waals surface area contributed by atoms with Crippen molar-refractivity contribution in [1.29, 1.82) is 0 Å². The van der Waals surface area contributed by atoms with E-state index in [-0.39, 0.29) is 18.1 Å². The fourth-order valence-corrected chi connectivity index (χ4v) is 1.18. The minimum absolute atomic E-state index is 0.219. The zero-order valence-electron chi connectivity index (χ0n) is 6.54. The van der Waals surface area contributed by atoms with Gasteiger partial charge in [0.15, 0.2) is 0 Å². The smallest absolute Gasteiger partial charge is 0.322 e. The number of piperidine rings is 1. The molecule has 1 aliphatic rings. The van der Waals surface area contributed by atoms with Gasteiger partial charge in [0.25, 0.3) is 0 Å². The zero-order valence-corrected chi connectivity index (χ0v) is 6.54. The highest BCUT2D eigenvalue weighted by Gasteiger charge is 2.24. The van der Waals surface area contributed by atoms with Crippen molar-refractivity contribution in [3.05, 3.63) is 0 Å². The van der Waals surface area contributed by atoms with Crippen molar-refractivity contribution in [3.63, 3.8) is 0 Å². The lowest BCUT2D eigenvalue weighted by Crippen LogP contribution is -2.46. The highest BCUT2D eigenvalue weighted by atomic mass is 16.5. The van der Waals surface area contributed by atoms with Gasteiger partial charge in [0.1, 0.15) is 6.04 Å². The SMILES string of the molecule is COC(=O)[C@H]1CC[C@@H](O)CN1. The van der Waals surface area contributed by atoms with Gasteiger partial charge in [-0.1, -0.05) is 0 Å². The molecule has 0 aromatic carbocycles. The lowest BCUT2D eigenvalue weighted by molar-refractivity contribution is -0.144. The molecular weight excluding hydrogens is 146 g/mol. The van der Waals surface area contributed by atoms with Crippen molar-refractivity contribution >= 4 is 5.97 Å². The van der Waals surface area contributed by atoms with Gasteiger partial charge in [-0.3, -0.25) is 4.79 Å². The van der Waals surface area contributed by atoms with Crippen LogP contribution in [-0.2, 0) is 9.53 Å². The largest absolute Gasteiger partial charge is 0.468 e. The second-order valence-corrected chi connectivity index (χ2v) is 2.72. The molecular formula is C7H13NO3. The Morgan fingerprint density at radius 2 is 2.36 bits per heavy atom. The molecule has 64 valence electrons. The fourth-order valence-electron chi connectivity index (χ4n) is 1.18. The van der Waals surface area contributed by atoms with Crippen LogP contribution < -0.4 is 5.32 Å². The summed E-state index contributed by atoms with van der Waals surface area (Å²) in [4.78, 5) is 10.9. The van der Waals surface area contributed by atoms with Gasteiger partial charge in [-0.15, -0.1) is 0 Å². The van der Waals surface area contributed by atoms with Crippen LogP contribution in [0.4, 0.5) is 0 Å². The number of carbonyl (C=O) groups excluding carboxylic acids is 1. The molecule has 0 amide bonds. The number of hydrogen-bond donors (Lipinski definition) is 2. The number of methoxy groups -OCH3 is 1. The van der Waals surface area contributed by atoms with Gasteiger partial charge in [0, 0.05) is 6.54 Å². The van der Waals surface area contributed by atoms with E-state index in [1.165, 1.54) is 7.11 Å². The van der Waals surface area contributed by atoms with E-state index in [9.17, 15) is 4.79 Å². The number of esters is 1. The van der Waals surface area contributed by atoms with Gasteiger partial charge in [-0.05, 0) is 12.8 Å². The van der Waals surface area contributed by atoms with Crippen LogP contribution in [-0.4, -0.2) is 36.9 Å². The number of aliphatic hydroxyl groups excluding tert-OH is 1. The first-order valence-corrected chi connectivity index (χ1v) is 3.73. The lowest BCUT2D eigenvalue weighted by Gasteiger charge is -2.24. The van der Waals surface area contributed by atoms with E-state index in [1.807, 2.05) is 0 Å². The maximum absolute atomic E-state index is 10.9. The first-order chi connectivity index (χ1) is 5.24. The molecule has 0 aromatic heterocycles. The zero-order chi connectivity index (χ0) is 8.27. The van der Waals surface area contributed by atoms with E-state index >= 15 is 0 Å². The normalized spacial score (nSPS) is 31.5. The van der Waals surface area contributed by atoms with Crippen LogP contribution in [0.2, 0.25) is 0 Å². The van der Waals surface area contributed by atoms with Crippen LogP contribution in [0.25, 0.3) is 0 Å². The third-order valence-electron chi connectivity index (χ3n) is 1.87. The quantitative estimate of drug-likeness (QED) is 0.495. The average molecular weight is 159 g/mol. The van der Waals surface area contributed by atoms with Crippen molar-refractivity contribution in [2.45, 2.75) is 25.0 Å². The molecule has 4 heteroatoms. The lowest BCUT2D eigenvalue weighted by atomic mass is 10.0. The molecule has 0 spiro atoms. The molecule has 0 unspecified atom stereocenters. The average Bonchev–Trinajstić information content (AvgIpc) is 2.05. The van der Waals surface area contributed by atoms with Crippen LogP contribution in [0.15, 0.2) is 0 Å². The summed E-state index contributed by atoms with van der Waals surface area (Å²) in [7, 11) is 1.37. The summed E-state index contributed by atoms with van der Waals surface area (Å²) in [5.41, 5.74) is 0. The second kappa shape index (κ2) is 3.69. The van der Waals surface area contributed by atoms with Crippen LogP contribution in [0.5, 0.6) is 0 Å². The number of carbonyl (C=O) groups is 1. The Labute approximate surface area is 65.5 Å². The molecule has 0 aliphatic carbocycles. The van der Waals surface area contributed by atoms with E-state index in [0.717, 1.165) is 0 Å². The highest BCUT2D eigenvalue weighted by molar-refractivity contribution is 5.75. The summed E-state index contributed by atoms with van der Waals surface area (Å²) < 4.78 is 4.54. The van der Waals surface area contributed by atoms with Crippen molar-refractivity contribution in [2.24, 2.45) is 0 Å². The van der Waals surface area contributed by atoms with Crippen LogP contribution >= 0.6 is 0 Å². The van der Waals surface area contributed by atoms with E-state index in [2.05, 4.69) is 10.1 Å². The summed E-state index contributed by atoms with van der Waals surface area (Å²) >= 11 is 0. The van der Waals surface area contributed by atoms with E-state index in [4.69, 9.17) is 5.11 Å². The Balaban J connectivity index is 2.33. The van der Waals surface area contributed by atoms with Crippen LogP contribution in [0.3, 0.4) is 0 Å². The maximum atomic E-state index is 10.9. The number of aliphatic hydroxyl groups is 1. The predicted octanol–water partition coefficient (Wildman–Crippen LogP) is -0.728. The van der Waals surface area contributed by atoms with Gasteiger partial charge < -0.3 is 15.2 Å². The molecule has 0 aromatic rings. The highest BCUT2D eigenvalue weighted by Crippen LogP contribution is 2.08. The number of β-amino-alcohol motifs (C(OH)–C–C–N with tert-alkyl or cyclic N) is 1. The molecule has 11 heavy (non-hydrogen) atoms. The molecule has 1 rings (SSSR count). The summed E-state index contributed by atoms with van der Waals surface area (Å²) in [6.45, 7) is 0.486. The number of ether oxygens (including phenoxy) is 1. The Bertz CT molecular complexity index is 141. The summed E-state index contributed by atoms with van der Waals surface area (Å²) in [5.74, 6) is -0.239.